The Kier molecular flexibility index (Phi) is 4.40. The van der Waals surface area contributed by atoms with Crippen LogP contribution in [-0.4, -0.2) is 23.2 Å². The minimum Gasteiger partial charge on any atom is -0.320 e. The van der Waals surface area contributed by atoms with Gasteiger partial charge in [0.1, 0.15) is 4.90 Å². The lowest BCUT2D eigenvalue weighted by Gasteiger charge is -2.18. The third-order valence-electron chi connectivity index (χ3n) is 5.46. The molecule has 0 spiro atoms. The third-order valence-corrected chi connectivity index (χ3v) is 7.23. The van der Waals surface area contributed by atoms with Gasteiger partial charge in [0.05, 0.1) is 23.3 Å². The fraction of sp³-hybridized carbons (Fsp3) is 0.130. The zero-order valence-corrected chi connectivity index (χ0v) is 16.9. The number of H-pyrrole nitrogens is 1. The van der Waals surface area contributed by atoms with Crippen LogP contribution in [0.15, 0.2) is 87.5 Å². The van der Waals surface area contributed by atoms with E-state index >= 15 is 0 Å². The second-order valence-corrected chi connectivity index (χ2v) is 9.25. The molecule has 4 aromatic rings. The zero-order chi connectivity index (χ0) is 20.7. The van der Waals surface area contributed by atoms with Crippen LogP contribution in [0.3, 0.4) is 0 Å². The van der Waals surface area contributed by atoms with Gasteiger partial charge in [-0.25, -0.2) is 8.42 Å². The second-order valence-electron chi connectivity index (χ2n) is 7.33. The molecule has 0 saturated carbocycles. The number of aromatic nitrogens is 3. The average molecular weight is 417 g/mol. The Morgan fingerprint density at radius 2 is 1.67 bits per heavy atom. The molecule has 2 aromatic heterocycles. The van der Waals surface area contributed by atoms with E-state index in [-0.39, 0.29) is 9.79 Å². The van der Waals surface area contributed by atoms with Gasteiger partial charge in [-0.15, -0.1) is 0 Å². The summed E-state index contributed by atoms with van der Waals surface area (Å²) in [5.41, 5.74) is 3.91. The maximum Gasteiger partial charge on any atom is 0.267 e. The van der Waals surface area contributed by atoms with Crippen molar-refractivity contribution in [1.29, 1.82) is 0 Å². The first-order valence-electron chi connectivity index (χ1n) is 9.69. The lowest BCUT2D eigenvalue weighted by atomic mass is 9.94. The summed E-state index contributed by atoms with van der Waals surface area (Å²) in [6.45, 7) is 0.649. The molecule has 0 unspecified atom stereocenters. The van der Waals surface area contributed by atoms with Crippen molar-refractivity contribution in [3.63, 3.8) is 0 Å². The van der Waals surface area contributed by atoms with Crippen molar-refractivity contribution in [3.05, 3.63) is 100 Å². The van der Waals surface area contributed by atoms with Crippen LogP contribution in [0.5, 0.6) is 0 Å². The van der Waals surface area contributed by atoms with Crippen molar-refractivity contribution >= 4 is 9.84 Å². The van der Waals surface area contributed by atoms with Crippen LogP contribution >= 0.6 is 0 Å². The number of benzene rings is 2. The van der Waals surface area contributed by atoms with E-state index in [2.05, 4.69) is 10.1 Å². The van der Waals surface area contributed by atoms with Gasteiger partial charge < -0.3 is 4.98 Å². The van der Waals surface area contributed by atoms with Gasteiger partial charge >= 0.3 is 0 Å². The Labute approximate surface area is 173 Å². The molecule has 6 nitrogen and oxygen atoms in total. The normalized spacial score (nSPS) is 12.9. The second kappa shape index (κ2) is 7.11. The molecular weight excluding hydrogens is 398 g/mol. The van der Waals surface area contributed by atoms with E-state index in [1.165, 1.54) is 18.2 Å². The molecule has 0 bridgehead atoms. The van der Waals surface area contributed by atoms with E-state index in [0.717, 1.165) is 28.8 Å². The molecule has 2 aromatic carbocycles. The molecule has 0 atom stereocenters. The van der Waals surface area contributed by atoms with E-state index in [1.807, 2.05) is 35.0 Å². The Bertz CT molecular complexity index is 1390. The van der Waals surface area contributed by atoms with Crippen LogP contribution in [0.4, 0.5) is 0 Å². The number of hydrogen-bond acceptors (Lipinski definition) is 4. The fourth-order valence-electron chi connectivity index (χ4n) is 3.94. The first-order valence-corrected chi connectivity index (χ1v) is 11.2. The summed E-state index contributed by atoms with van der Waals surface area (Å²) in [5, 5.41) is 4.52. The minimum absolute atomic E-state index is 0.114. The topological polar surface area (TPSA) is 84.8 Å². The van der Waals surface area contributed by atoms with E-state index in [4.69, 9.17) is 0 Å². The number of aromatic amines is 1. The molecular formula is C23H19N3O3S. The van der Waals surface area contributed by atoms with E-state index in [0.29, 0.717) is 18.7 Å². The van der Waals surface area contributed by atoms with Crippen molar-refractivity contribution in [3.8, 4) is 11.3 Å². The predicted octanol–water partition coefficient (Wildman–Crippen LogP) is 3.22. The lowest BCUT2D eigenvalue weighted by molar-refractivity contribution is 0.594. The molecule has 0 fully saturated rings. The van der Waals surface area contributed by atoms with Crippen LogP contribution in [0.2, 0.25) is 0 Å². The van der Waals surface area contributed by atoms with E-state index in [1.54, 1.807) is 24.4 Å². The van der Waals surface area contributed by atoms with Gasteiger partial charge in [-0.05, 0) is 42.2 Å². The Balaban J connectivity index is 1.56. The highest BCUT2D eigenvalue weighted by molar-refractivity contribution is 7.91. The SMILES string of the molecule is O=c1[nH]c2c(cc1S(=O)(=O)c1ccccc1)CCc1c-2cnn1Cc1ccccc1. The van der Waals surface area contributed by atoms with E-state index < -0.39 is 15.4 Å². The lowest BCUT2D eigenvalue weighted by Crippen LogP contribution is -2.22. The summed E-state index contributed by atoms with van der Waals surface area (Å²) in [7, 11) is -3.88. The summed E-state index contributed by atoms with van der Waals surface area (Å²) in [6.07, 6.45) is 3.11. The quantitative estimate of drug-likeness (QED) is 0.553. The zero-order valence-electron chi connectivity index (χ0n) is 16.1. The van der Waals surface area contributed by atoms with E-state index in [9.17, 15) is 13.2 Å². The molecule has 0 aliphatic heterocycles. The van der Waals surface area contributed by atoms with Crippen molar-refractivity contribution in [2.45, 2.75) is 29.2 Å². The number of aryl methyl sites for hydroxylation is 1. The number of hydrogen-bond donors (Lipinski definition) is 1. The average Bonchev–Trinajstić information content (AvgIpc) is 3.18. The van der Waals surface area contributed by atoms with Crippen molar-refractivity contribution in [1.82, 2.24) is 14.8 Å². The first-order chi connectivity index (χ1) is 14.5. The van der Waals surface area contributed by atoms with Gasteiger partial charge in [0.25, 0.3) is 5.56 Å². The summed E-state index contributed by atoms with van der Waals surface area (Å²) in [4.78, 5) is 15.5. The molecule has 1 aliphatic carbocycles. The number of fused-ring (bicyclic) bond motifs is 3. The molecule has 5 rings (SSSR count). The minimum atomic E-state index is -3.88. The van der Waals surface area contributed by atoms with Gasteiger partial charge in [-0.3, -0.25) is 9.48 Å². The van der Waals surface area contributed by atoms with Gasteiger partial charge in [0.2, 0.25) is 9.84 Å². The maximum atomic E-state index is 13.0. The highest BCUT2D eigenvalue weighted by atomic mass is 32.2. The summed E-state index contributed by atoms with van der Waals surface area (Å²) in [5.74, 6) is 0. The monoisotopic (exact) mass is 417 g/mol. The largest absolute Gasteiger partial charge is 0.320 e. The van der Waals surface area contributed by atoms with Crippen LogP contribution in [0.1, 0.15) is 16.8 Å². The van der Waals surface area contributed by atoms with Crippen molar-refractivity contribution < 1.29 is 8.42 Å². The molecule has 0 amide bonds. The van der Waals surface area contributed by atoms with Crippen molar-refractivity contribution in [2.75, 3.05) is 0 Å². The van der Waals surface area contributed by atoms with Gasteiger partial charge in [-0.1, -0.05) is 48.5 Å². The molecule has 30 heavy (non-hydrogen) atoms. The van der Waals surface area contributed by atoms with Crippen LogP contribution in [0.25, 0.3) is 11.3 Å². The smallest absolute Gasteiger partial charge is 0.267 e. The highest BCUT2D eigenvalue weighted by Gasteiger charge is 2.27. The summed E-state index contributed by atoms with van der Waals surface area (Å²) < 4.78 is 27.9. The van der Waals surface area contributed by atoms with Crippen LogP contribution < -0.4 is 5.56 Å². The number of pyridine rings is 1. The first kappa shape index (κ1) is 18.6. The number of nitrogens with zero attached hydrogens (tertiary/aromatic N) is 2. The standard InChI is InChI=1S/C23H19N3O3S/c27-23-21(30(28,29)18-9-5-2-6-10-18)13-17-11-12-20-19(22(17)25-23)14-24-26(20)15-16-7-3-1-4-8-16/h1-10,13-14H,11-12,15H2,(H,25,27). The van der Waals surface area contributed by atoms with Crippen molar-refractivity contribution in [2.24, 2.45) is 0 Å². The molecule has 1 aliphatic rings. The summed E-state index contributed by atoms with van der Waals surface area (Å²) in [6, 6.07) is 19.6. The third kappa shape index (κ3) is 3.07. The fourth-order valence-corrected chi connectivity index (χ4v) is 5.31. The van der Waals surface area contributed by atoms with Crippen LogP contribution in [0, 0.1) is 0 Å². The molecule has 0 saturated heterocycles. The maximum absolute atomic E-state index is 13.0. The highest BCUT2D eigenvalue weighted by Crippen LogP contribution is 2.33. The predicted molar refractivity (Wildman–Crippen MR) is 113 cm³/mol. The Hall–Kier alpha value is -3.45. The number of sulfone groups is 1. The number of rotatable bonds is 4. The van der Waals surface area contributed by atoms with Gasteiger partial charge in [-0.2, -0.15) is 5.10 Å². The summed E-state index contributed by atoms with van der Waals surface area (Å²) >= 11 is 0. The molecule has 0 radical (unpaired) electrons. The molecule has 1 N–H and O–H groups in total. The van der Waals surface area contributed by atoms with Crippen LogP contribution in [-0.2, 0) is 29.2 Å². The Morgan fingerprint density at radius 3 is 2.40 bits per heavy atom. The van der Waals surface area contributed by atoms with Gasteiger partial charge in [0, 0.05) is 11.3 Å². The van der Waals surface area contributed by atoms with Gasteiger partial charge in [0.15, 0.2) is 0 Å². The molecule has 150 valence electrons. The molecule has 7 heteroatoms. The number of nitrogens with one attached hydrogen (secondary N) is 1. The molecule has 2 heterocycles. The Morgan fingerprint density at radius 1 is 0.967 bits per heavy atom.